The molecule has 1 heterocycles. The van der Waals surface area contributed by atoms with E-state index in [1.54, 1.807) is 0 Å². The maximum absolute atomic E-state index is 11.6. The predicted molar refractivity (Wildman–Crippen MR) is 59.2 cm³/mol. The van der Waals surface area contributed by atoms with Crippen LogP contribution in [0.2, 0.25) is 0 Å². The first-order valence-electron chi connectivity index (χ1n) is 5.01. The van der Waals surface area contributed by atoms with Crippen LogP contribution in [0.15, 0.2) is 35.3 Å². The molecule has 0 aromatic heterocycles. The summed E-state index contributed by atoms with van der Waals surface area (Å²) < 4.78 is 10.2. The third kappa shape index (κ3) is 1.56. The monoisotopic (exact) mass is 219 g/mol. The third-order valence-electron chi connectivity index (χ3n) is 2.80. The summed E-state index contributed by atoms with van der Waals surface area (Å²) in [7, 11) is 1.35. The number of hydrogen-bond acceptors (Lipinski definition) is 4. The number of carbonyl (C=O) groups is 1. The van der Waals surface area contributed by atoms with Crippen molar-refractivity contribution in [2.24, 2.45) is 4.99 Å². The molecule has 0 saturated heterocycles. The number of methoxy groups -OCH3 is 1. The molecule has 1 aromatic rings. The normalized spacial score (nSPS) is 27.5. The van der Waals surface area contributed by atoms with E-state index in [0.29, 0.717) is 0 Å². The van der Waals surface area contributed by atoms with Gasteiger partial charge in [0.05, 0.1) is 7.11 Å². The lowest BCUT2D eigenvalue weighted by Crippen LogP contribution is -2.39. The third-order valence-corrected chi connectivity index (χ3v) is 2.80. The van der Waals surface area contributed by atoms with Gasteiger partial charge in [0.25, 0.3) is 0 Å². The van der Waals surface area contributed by atoms with Crippen molar-refractivity contribution in [1.29, 1.82) is 0 Å². The van der Waals surface area contributed by atoms with Gasteiger partial charge in [-0.05, 0) is 12.5 Å². The van der Waals surface area contributed by atoms with Gasteiger partial charge in [-0.15, -0.1) is 0 Å². The number of carbonyl (C=O) groups excluding carboxylic acids is 1. The van der Waals surface area contributed by atoms with Crippen LogP contribution in [0.3, 0.4) is 0 Å². The van der Waals surface area contributed by atoms with E-state index < -0.39 is 11.6 Å². The van der Waals surface area contributed by atoms with E-state index >= 15 is 0 Å². The Morgan fingerprint density at radius 1 is 1.44 bits per heavy atom. The second kappa shape index (κ2) is 3.96. The molecule has 0 unspecified atom stereocenters. The van der Waals surface area contributed by atoms with Crippen molar-refractivity contribution in [3.63, 3.8) is 0 Å². The number of benzene rings is 1. The van der Waals surface area contributed by atoms with E-state index in [-0.39, 0.29) is 5.97 Å². The van der Waals surface area contributed by atoms with Crippen molar-refractivity contribution < 1.29 is 14.3 Å². The molecule has 2 atom stereocenters. The highest BCUT2D eigenvalue weighted by molar-refractivity contribution is 5.81. The van der Waals surface area contributed by atoms with E-state index in [1.165, 1.54) is 13.5 Å². The number of aliphatic imine (C=N–C) groups is 1. The molecule has 0 amide bonds. The van der Waals surface area contributed by atoms with Gasteiger partial charge in [0, 0.05) is 0 Å². The summed E-state index contributed by atoms with van der Waals surface area (Å²) in [6.07, 6.45) is 1.31. The van der Waals surface area contributed by atoms with Crippen LogP contribution in [0.25, 0.3) is 0 Å². The summed E-state index contributed by atoms with van der Waals surface area (Å²) in [5.41, 5.74) is 0.136. The molecular weight excluding hydrogens is 206 g/mol. The quantitative estimate of drug-likeness (QED) is 0.708. The zero-order valence-electron chi connectivity index (χ0n) is 9.21. The second-order valence-corrected chi connectivity index (χ2v) is 3.77. The molecule has 4 heteroatoms. The molecule has 1 aliphatic rings. The van der Waals surface area contributed by atoms with Crippen LogP contribution in [0.4, 0.5) is 0 Å². The molecule has 0 saturated carbocycles. The van der Waals surface area contributed by atoms with Crippen molar-refractivity contribution in [2.75, 3.05) is 7.11 Å². The van der Waals surface area contributed by atoms with Gasteiger partial charge >= 0.3 is 5.97 Å². The molecule has 4 nitrogen and oxygen atoms in total. The zero-order valence-corrected chi connectivity index (χ0v) is 9.21. The standard InChI is InChI=1S/C12H13NO3/c1-12(9-6-4-3-5-7-9)10(11(14)15-2)13-8-16-12/h3-8,10H,1-2H3/t10-,12+/m0/s1. The number of hydrogen-bond donors (Lipinski definition) is 0. The van der Waals surface area contributed by atoms with Gasteiger partial charge in [-0.25, -0.2) is 9.79 Å². The molecule has 2 rings (SSSR count). The second-order valence-electron chi connectivity index (χ2n) is 3.77. The topological polar surface area (TPSA) is 47.9 Å². The van der Waals surface area contributed by atoms with Gasteiger partial charge in [0.2, 0.25) is 0 Å². The van der Waals surface area contributed by atoms with E-state index in [0.717, 1.165) is 5.56 Å². The molecule has 0 spiro atoms. The van der Waals surface area contributed by atoms with E-state index in [9.17, 15) is 4.79 Å². The van der Waals surface area contributed by atoms with Crippen LogP contribution < -0.4 is 0 Å². The van der Waals surface area contributed by atoms with E-state index in [1.807, 2.05) is 37.3 Å². The predicted octanol–water partition coefficient (Wildman–Crippen LogP) is 1.50. The molecule has 0 aliphatic carbocycles. The average molecular weight is 219 g/mol. The first-order chi connectivity index (χ1) is 7.68. The molecule has 0 radical (unpaired) electrons. The zero-order chi connectivity index (χ0) is 11.6. The van der Waals surface area contributed by atoms with Gasteiger partial charge in [-0.2, -0.15) is 0 Å². The van der Waals surface area contributed by atoms with Crippen LogP contribution in [0.1, 0.15) is 12.5 Å². The van der Waals surface area contributed by atoms with Crippen LogP contribution in [0.5, 0.6) is 0 Å². The van der Waals surface area contributed by atoms with Gasteiger partial charge in [-0.3, -0.25) is 0 Å². The van der Waals surface area contributed by atoms with Crippen LogP contribution in [-0.4, -0.2) is 25.5 Å². The highest BCUT2D eigenvalue weighted by Gasteiger charge is 2.46. The summed E-state index contributed by atoms with van der Waals surface area (Å²) in [5, 5.41) is 0. The Morgan fingerprint density at radius 2 is 2.12 bits per heavy atom. The summed E-state index contributed by atoms with van der Waals surface area (Å²) in [4.78, 5) is 15.6. The summed E-state index contributed by atoms with van der Waals surface area (Å²) in [6, 6.07) is 8.89. The first kappa shape index (κ1) is 10.7. The van der Waals surface area contributed by atoms with Crippen molar-refractivity contribution in [2.45, 2.75) is 18.6 Å². The Hall–Kier alpha value is -1.84. The van der Waals surface area contributed by atoms with Gasteiger partial charge < -0.3 is 9.47 Å². The number of rotatable bonds is 2. The van der Waals surface area contributed by atoms with Gasteiger partial charge in [0.1, 0.15) is 0 Å². The summed E-state index contributed by atoms with van der Waals surface area (Å²) in [6.45, 7) is 1.83. The molecule has 0 N–H and O–H groups in total. The van der Waals surface area contributed by atoms with Crippen molar-refractivity contribution in [3.05, 3.63) is 35.9 Å². The molecule has 84 valence electrons. The van der Waals surface area contributed by atoms with Crippen molar-refractivity contribution >= 4 is 12.4 Å². The minimum Gasteiger partial charge on any atom is -0.470 e. The first-order valence-corrected chi connectivity index (χ1v) is 5.01. The minimum absolute atomic E-state index is 0.389. The molecule has 16 heavy (non-hydrogen) atoms. The molecule has 0 bridgehead atoms. The smallest absolute Gasteiger partial charge is 0.335 e. The Bertz CT molecular complexity index is 416. The lowest BCUT2D eigenvalue weighted by Gasteiger charge is -2.27. The average Bonchev–Trinajstić information content (AvgIpc) is 2.73. The Balaban J connectivity index is 2.35. The summed E-state index contributed by atoms with van der Waals surface area (Å²) >= 11 is 0. The van der Waals surface area contributed by atoms with Gasteiger partial charge in [0.15, 0.2) is 18.0 Å². The highest BCUT2D eigenvalue weighted by atomic mass is 16.5. The van der Waals surface area contributed by atoms with Crippen LogP contribution in [-0.2, 0) is 19.9 Å². The maximum Gasteiger partial charge on any atom is 0.335 e. The largest absolute Gasteiger partial charge is 0.470 e. The highest BCUT2D eigenvalue weighted by Crippen LogP contribution is 2.34. The fourth-order valence-electron chi connectivity index (χ4n) is 1.80. The lowest BCUT2D eigenvalue weighted by atomic mass is 9.89. The maximum atomic E-state index is 11.6. The van der Waals surface area contributed by atoms with Crippen LogP contribution in [0, 0.1) is 0 Å². The number of ether oxygens (including phenoxy) is 2. The van der Waals surface area contributed by atoms with Crippen molar-refractivity contribution in [3.8, 4) is 0 Å². The van der Waals surface area contributed by atoms with Gasteiger partial charge in [-0.1, -0.05) is 30.3 Å². The Labute approximate surface area is 93.9 Å². The number of esters is 1. The Morgan fingerprint density at radius 3 is 2.75 bits per heavy atom. The van der Waals surface area contributed by atoms with Crippen LogP contribution >= 0.6 is 0 Å². The van der Waals surface area contributed by atoms with Crippen molar-refractivity contribution in [1.82, 2.24) is 0 Å². The van der Waals surface area contributed by atoms with E-state index in [2.05, 4.69) is 4.99 Å². The number of nitrogens with zero attached hydrogens (tertiary/aromatic N) is 1. The lowest BCUT2D eigenvalue weighted by molar-refractivity contribution is -0.146. The summed E-state index contributed by atoms with van der Waals surface area (Å²) in [5.74, 6) is -0.389. The fraction of sp³-hybridized carbons (Fsp3) is 0.333. The molecular formula is C12H13NO3. The Kier molecular flexibility index (Phi) is 2.64. The minimum atomic E-state index is -0.769. The molecule has 0 fully saturated rings. The fourth-order valence-corrected chi connectivity index (χ4v) is 1.80. The molecule has 1 aromatic carbocycles. The molecule has 1 aliphatic heterocycles. The van der Waals surface area contributed by atoms with E-state index in [4.69, 9.17) is 9.47 Å². The SMILES string of the molecule is COC(=O)[C@@H]1N=CO[C@]1(C)c1ccccc1.